The van der Waals surface area contributed by atoms with Crippen LogP contribution in [0.1, 0.15) is 0 Å². The fourth-order valence-corrected chi connectivity index (χ4v) is 1.33. The number of rotatable bonds is 6. The summed E-state index contributed by atoms with van der Waals surface area (Å²) >= 11 is 4.62. The molecule has 14 heavy (non-hydrogen) atoms. The minimum atomic E-state index is -1.04. The Labute approximate surface area is 105 Å². The molecule has 0 aromatic carbocycles. The predicted molar refractivity (Wildman–Crippen MR) is 69.3 cm³/mol. The molecule has 0 amide bonds. The molecule has 0 bridgehead atoms. The summed E-state index contributed by atoms with van der Waals surface area (Å²) in [7, 11) is 0. The highest BCUT2D eigenvalue weighted by atomic mass is 32.2. The molecule has 1 atom stereocenters. The van der Waals surface area contributed by atoms with Gasteiger partial charge in [-0.25, -0.2) is 4.72 Å². The number of hydrogen-bond donors (Lipinski definition) is 4. The van der Waals surface area contributed by atoms with Crippen molar-refractivity contribution in [3.63, 3.8) is 0 Å². The van der Waals surface area contributed by atoms with Crippen molar-refractivity contribution in [2.45, 2.75) is 6.04 Å². The minimum absolute atomic E-state index is 0. The number of carbonyl (C=O) groups is 2. The normalized spacial score (nSPS) is 10.6. The van der Waals surface area contributed by atoms with Gasteiger partial charge in [-0.2, -0.15) is 39.6 Å². The van der Waals surface area contributed by atoms with Crippen LogP contribution in [0.4, 0.5) is 0 Å². The monoisotopic (exact) mass is 279 g/mol. The standard InChI is InChI=1S/C5H9NO4S2.2H2S/c7-4(8)2-12-6-3(1-11)5(9)10;;/h3,6,11H,1-2H2,(H,7,8)(H,9,10);2*1H2/t3-;;/m0../s1. The number of thiol groups is 1. The summed E-state index contributed by atoms with van der Waals surface area (Å²) < 4.78 is 2.46. The Hall–Kier alpha value is 0.300. The average molecular weight is 279 g/mol. The van der Waals surface area contributed by atoms with E-state index >= 15 is 0 Å². The molecule has 0 aliphatic carbocycles. The quantitative estimate of drug-likeness (QED) is 0.402. The van der Waals surface area contributed by atoms with Crippen LogP contribution in [0, 0.1) is 0 Å². The van der Waals surface area contributed by atoms with E-state index in [1.807, 2.05) is 0 Å². The molecule has 0 radical (unpaired) electrons. The lowest BCUT2D eigenvalue weighted by atomic mass is 10.4. The van der Waals surface area contributed by atoms with Crippen LogP contribution in [0.2, 0.25) is 0 Å². The summed E-state index contributed by atoms with van der Waals surface area (Å²) in [5.74, 6) is -2.07. The van der Waals surface area contributed by atoms with Crippen LogP contribution in [0.15, 0.2) is 0 Å². The maximum Gasteiger partial charge on any atom is 0.322 e. The van der Waals surface area contributed by atoms with Crippen molar-refractivity contribution in [3.05, 3.63) is 0 Å². The Balaban J connectivity index is -0.000000605. The second kappa shape index (κ2) is 11.4. The number of carboxylic acids is 2. The molecule has 0 aromatic rings. The fourth-order valence-electron chi connectivity index (χ4n) is 0.370. The zero-order chi connectivity index (χ0) is 9.56. The van der Waals surface area contributed by atoms with Gasteiger partial charge in [-0.05, 0) is 0 Å². The van der Waals surface area contributed by atoms with Gasteiger partial charge in [0.2, 0.25) is 0 Å². The van der Waals surface area contributed by atoms with Gasteiger partial charge in [-0.1, -0.05) is 11.9 Å². The van der Waals surface area contributed by atoms with E-state index in [9.17, 15) is 9.59 Å². The lowest BCUT2D eigenvalue weighted by Crippen LogP contribution is -2.34. The maximum absolute atomic E-state index is 10.3. The Morgan fingerprint density at radius 1 is 1.36 bits per heavy atom. The molecule has 9 heteroatoms. The second-order valence-electron chi connectivity index (χ2n) is 1.87. The number of carboxylic acid groups (broad SMARTS) is 2. The molecule has 0 saturated carbocycles. The van der Waals surface area contributed by atoms with E-state index in [4.69, 9.17) is 10.2 Å². The molecule has 0 heterocycles. The first-order valence-corrected chi connectivity index (χ1v) is 4.62. The van der Waals surface area contributed by atoms with Crippen molar-refractivity contribution >= 4 is 63.5 Å². The molecule has 0 aliphatic rings. The molecule has 0 fully saturated rings. The first-order chi connectivity index (χ1) is 5.57. The summed E-state index contributed by atoms with van der Waals surface area (Å²) in [5.41, 5.74) is 0. The molecule has 0 aromatic heterocycles. The number of hydrogen-bond acceptors (Lipinski definition) is 5. The Bertz CT molecular complexity index is 179. The third-order valence-electron chi connectivity index (χ3n) is 0.902. The minimum Gasteiger partial charge on any atom is -0.481 e. The molecule has 0 saturated heterocycles. The van der Waals surface area contributed by atoms with Crippen molar-refractivity contribution in [1.82, 2.24) is 4.72 Å². The summed E-state index contributed by atoms with van der Waals surface area (Å²) in [5, 5.41) is 16.7. The zero-order valence-electron chi connectivity index (χ0n) is 7.06. The van der Waals surface area contributed by atoms with Crippen molar-refractivity contribution in [3.8, 4) is 0 Å². The van der Waals surface area contributed by atoms with E-state index in [2.05, 4.69) is 17.4 Å². The van der Waals surface area contributed by atoms with E-state index in [-0.39, 0.29) is 38.5 Å². The van der Waals surface area contributed by atoms with Gasteiger partial charge in [-0.3, -0.25) is 9.59 Å². The topological polar surface area (TPSA) is 86.6 Å². The lowest BCUT2D eigenvalue weighted by Gasteiger charge is -2.08. The Morgan fingerprint density at radius 3 is 2.14 bits per heavy atom. The fraction of sp³-hybridized carbons (Fsp3) is 0.600. The van der Waals surface area contributed by atoms with Crippen molar-refractivity contribution < 1.29 is 19.8 Å². The lowest BCUT2D eigenvalue weighted by molar-refractivity contribution is -0.138. The SMILES string of the molecule is O=C(O)CSN[C@@H](CS)C(=O)O.S.S. The molecule has 0 rings (SSSR count). The van der Waals surface area contributed by atoms with Crippen molar-refractivity contribution in [2.24, 2.45) is 0 Å². The molecule has 0 spiro atoms. The molecule has 0 unspecified atom stereocenters. The highest BCUT2D eigenvalue weighted by Gasteiger charge is 2.14. The van der Waals surface area contributed by atoms with Crippen LogP contribution in [0.5, 0.6) is 0 Å². The number of nitrogens with one attached hydrogen (secondary N) is 1. The van der Waals surface area contributed by atoms with Crippen LogP contribution in [-0.2, 0) is 9.59 Å². The summed E-state index contributed by atoms with van der Waals surface area (Å²) in [6.45, 7) is 0. The molecule has 5 nitrogen and oxygen atoms in total. The summed E-state index contributed by atoms with van der Waals surface area (Å²) in [6.07, 6.45) is 0. The molecule has 3 N–H and O–H groups in total. The molecule has 86 valence electrons. The van der Waals surface area contributed by atoms with Crippen molar-refractivity contribution in [1.29, 1.82) is 0 Å². The van der Waals surface area contributed by atoms with Gasteiger partial charge in [0.25, 0.3) is 0 Å². The number of aliphatic carboxylic acids is 2. The highest BCUT2D eigenvalue weighted by molar-refractivity contribution is 7.98. The maximum atomic E-state index is 10.3. The third kappa shape index (κ3) is 10.4. The van der Waals surface area contributed by atoms with E-state index in [1.165, 1.54) is 0 Å². The predicted octanol–water partition coefficient (Wildman–Crippen LogP) is -0.0826. The molecular weight excluding hydrogens is 266 g/mol. The van der Waals surface area contributed by atoms with Crippen LogP contribution >= 0.6 is 51.6 Å². The van der Waals surface area contributed by atoms with Gasteiger partial charge in [0.15, 0.2) is 0 Å². The first kappa shape index (κ1) is 19.8. The van der Waals surface area contributed by atoms with E-state index in [1.54, 1.807) is 0 Å². The summed E-state index contributed by atoms with van der Waals surface area (Å²) in [4.78, 5) is 20.3. The summed E-state index contributed by atoms with van der Waals surface area (Å²) in [6, 6.07) is -0.808. The van der Waals surface area contributed by atoms with Gasteiger partial charge < -0.3 is 10.2 Å². The molecule has 0 aliphatic heterocycles. The van der Waals surface area contributed by atoms with Gasteiger partial charge >= 0.3 is 11.9 Å². The Kier molecular flexibility index (Phi) is 16.1. The average Bonchev–Trinajstić information content (AvgIpc) is 1.96. The van der Waals surface area contributed by atoms with E-state index in [0.717, 1.165) is 11.9 Å². The first-order valence-electron chi connectivity index (χ1n) is 3.00. The smallest absolute Gasteiger partial charge is 0.322 e. The molecular formula is C5H13NO4S4. The third-order valence-corrected chi connectivity index (χ3v) is 2.11. The van der Waals surface area contributed by atoms with Gasteiger partial charge in [0.05, 0.1) is 0 Å². The van der Waals surface area contributed by atoms with E-state index < -0.39 is 18.0 Å². The largest absolute Gasteiger partial charge is 0.481 e. The van der Waals surface area contributed by atoms with Crippen LogP contribution in [0.25, 0.3) is 0 Å². The second-order valence-corrected chi connectivity index (χ2v) is 3.05. The van der Waals surface area contributed by atoms with Crippen molar-refractivity contribution in [2.75, 3.05) is 11.5 Å². The zero-order valence-corrected chi connectivity index (χ0v) is 10.8. The van der Waals surface area contributed by atoms with Crippen LogP contribution in [-0.4, -0.2) is 39.7 Å². The van der Waals surface area contributed by atoms with E-state index in [0.29, 0.717) is 0 Å². The van der Waals surface area contributed by atoms with Gasteiger partial charge in [-0.15, -0.1) is 0 Å². The van der Waals surface area contributed by atoms with Crippen LogP contribution in [0.3, 0.4) is 0 Å². The highest BCUT2D eigenvalue weighted by Crippen LogP contribution is 1.98. The Morgan fingerprint density at radius 2 is 1.86 bits per heavy atom. The van der Waals surface area contributed by atoms with Crippen LogP contribution < -0.4 is 4.72 Å². The van der Waals surface area contributed by atoms with Gasteiger partial charge in [0, 0.05) is 5.75 Å². The van der Waals surface area contributed by atoms with Gasteiger partial charge in [0.1, 0.15) is 11.8 Å².